The molecule has 2 fully saturated rings. The average Bonchev–Trinajstić information content (AvgIpc) is 2.66. The quantitative estimate of drug-likeness (QED) is 0.738. The molecule has 4 nitrogen and oxygen atoms in total. The second-order valence-electron chi connectivity index (χ2n) is 6.50. The Morgan fingerprint density at radius 1 is 1.37 bits per heavy atom. The van der Waals surface area contributed by atoms with Gasteiger partial charge in [0.15, 0.2) is 0 Å². The molecule has 2 aliphatic rings. The number of carbonyl (C=O) groups is 2. The van der Waals surface area contributed by atoms with Crippen molar-refractivity contribution < 1.29 is 19.1 Å². The van der Waals surface area contributed by atoms with Gasteiger partial charge < -0.3 is 9.47 Å². The lowest BCUT2D eigenvalue weighted by atomic mass is 9.82. The van der Waals surface area contributed by atoms with E-state index < -0.39 is 11.5 Å². The SMILES string of the molecule is CCC(C)(C)C(=O)OC1CC2(CCCCC2)OC1=O. The summed E-state index contributed by atoms with van der Waals surface area (Å²) in [6.45, 7) is 5.62. The van der Waals surface area contributed by atoms with Gasteiger partial charge >= 0.3 is 11.9 Å². The first kappa shape index (κ1) is 14.4. The van der Waals surface area contributed by atoms with Crippen molar-refractivity contribution in [3.05, 3.63) is 0 Å². The first-order valence-electron chi connectivity index (χ1n) is 7.32. The summed E-state index contributed by atoms with van der Waals surface area (Å²) in [5.74, 6) is -0.660. The molecule has 0 bridgehead atoms. The van der Waals surface area contributed by atoms with Crippen molar-refractivity contribution in [1.82, 2.24) is 0 Å². The lowest BCUT2D eigenvalue weighted by Gasteiger charge is -2.31. The summed E-state index contributed by atoms with van der Waals surface area (Å²) in [4.78, 5) is 23.9. The third-order valence-corrected chi connectivity index (χ3v) is 4.59. The molecular weight excluding hydrogens is 244 g/mol. The fourth-order valence-electron chi connectivity index (χ4n) is 2.77. The van der Waals surface area contributed by atoms with Crippen molar-refractivity contribution in [1.29, 1.82) is 0 Å². The minimum absolute atomic E-state index is 0.301. The number of ether oxygens (including phenoxy) is 2. The van der Waals surface area contributed by atoms with Gasteiger partial charge in [0.1, 0.15) is 5.60 Å². The largest absolute Gasteiger partial charge is 0.456 e. The van der Waals surface area contributed by atoms with Crippen LogP contribution in [0.4, 0.5) is 0 Å². The number of esters is 2. The van der Waals surface area contributed by atoms with E-state index in [1.54, 1.807) is 0 Å². The molecule has 2 rings (SSSR count). The summed E-state index contributed by atoms with van der Waals surface area (Å²) >= 11 is 0. The molecular formula is C15H24O4. The molecule has 1 aliphatic heterocycles. The minimum Gasteiger partial charge on any atom is -0.456 e. The van der Waals surface area contributed by atoms with E-state index in [0.29, 0.717) is 12.8 Å². The highest BCUT2D eigenvalue weighted by atomic mass is 16.6. The lowest BCUT2D eigenvalue weighted by molar-refractivity contribution is -0.169. The fourth-order valence-corrected chi connectivity index (χ4v) is 2.77. The summed E-state index contributed by atoms with van der Waals surface area (Å²) in [7, 11) is 0. The van der Waals surface area contributed by atoms with Crippen LogP contribution >= 0.6 is 0 Å². The van der Waals surface area contributed by atoms with E-state index in [-0.39, 0.29) is 17.5 Å². The van der Waals surface area contributed by atoms with Crippen molar-refractivity contribution >= 4 is 11.9 Å². The van der Waals surface area contributed by atoms with Crippen molar-refractivity contribution in [3.8, 4) is 0 Å². The molecule has 0 radical (unpaired) electrons. The van der Waals surface area contributed by atoms with Crippen molar-refractivity contribution in [2.24, 2.45) is 5.41 Å². The highest BCUT2D eigenvalue weighted by molar-refractivity contribution is 5.83. The molecule has 0 N–H and O–H groups in total. The number of hydrogen-bond donors (Lipinski definition) is 0. The maximum atomic E-state index is 12.0. The van der Waals surface area contributed by atoms with Crippen LogP contribution in [0.2, 0.25) is 0 Å². The van der Waals surface area contributed by atoms with E-state index in [9.17, 15) is 9.59 Å². The van der Waals surface area contributed by atoms with Crippen LogP contribution in [0.1, 0.15) is 65.7 Å². The molecule has 108 valence electrons. The Kier molecular flexibility index (Phi) is 3.88. The first-order valence-corrected chi connectivity index (χ1v) is 7.32. The van der Waals surface area contributed by atoms with Gasteiger partial charge in [-0.05, 0) is 46.0 Å². The standard InChI is InChI=1S/C15H24O4/c1-4-14(2,3)13(17)18-11-10-15(19-12(11)16)8-6-5-7-9-15/h11H,4-10H2,1-3H3. The molecule has 19 heavy (non-hydrogen) atoms. The molecule has 1 aliphatic carbocycles. The zero-order valence-electron chi connectivity index (χ0n) is 12.2. The van der Waals surface area contributed by atoms with Crippen LogP contribution in [0.5, 0.6) is 0 Å². The average molecular weight is 268 g/mol. The Morgan fingerprint density at radius 2 is 2.00 bits per heavy atom. The van der Waals surface area contributed by atoms with Crippen LogP contribution in [-0.4, -0.2) is 23.6 Å². The summed E-state index contributed by atoms with van der Waals surface area (Å²) in [6.07, 6.45) is 5.73. The second-order valence-corrected chi connectivity index (χ2v) is 6.50. The van der Waals surface area contributed by atoms with Crippen LogP contribution in [-0.2, 0) is 19.1 Å². The molecule has 1 atom stereocenters. The van der Waals surface area contributed by atoms with Gasteiger partial charge in [0.05, 0.1) is 5.41 Å². The predicted octanol–water partition coefficient (Wildman–Crippen LogP) is 2.98. The first-order chi connectivity index (χ1) is 8.88. The highest BCUT2D eigenvalue weighted by Gasteiger charge is 2.49. The molecule has 1 unspecified atom stereocenters. The smallest absolute Gasteiger partial charge is 0.348 e. The van der Waals surface area contributed by atoms with Gasteiger partial charge in [-0.2, -0.15) is 0 Å². The van der Waals surface area contributed by atoms with Gasteiger partial charge in [-0.15, -0.1) is 0 Å². The van der Waals surface area contributed by atoms with Gasteiger partial charge in [0.25, 0.3) is 0 Å². The van der Waals surface area contributed by atoms with Crippen LogP contribution in [0.15, 0.2) is 0 Å². The molecule has 1 saturated carbocycles. The third kappa shape index (κ3) is 2.93. The van der Waals surface area contributed by atoms with Gasteiger partial charge in [-0.1, -0.05) is 13.3 Å². The summed E-state index contributed by atoms with van der Waals surface area (Å²) in [5, 5.41) is 0. The number of carbonyl (C=O) groups excluding carboxylic acids is 2. The summed E-state index contributed by atoms with van der Waals surface area (Å²) in [5.41, 5.74) is -0.890. The normalized spacial score (nSPS) is 26.3. The van der Waals surface area contributed by atoms with Gasteiger partial charge in [-0.25, -0.2) is 4.79 Å². The van der Waals surface area contributed by atoms with Crippen LogP contribution < -0.4 is 0 Å². The van der Waals surface area contributed by atoms with E-state index in [2.05, 4.69) is 0 Å². The topological polar surface area (TPSA) is 52.6 Å². The van der Waals surface area contributed by atoms with E-state index in [1.165, 1.54) is 6.42 Å². The van der Waals surface area contributed by atoms with Gasteiger partial charge in [0, 0.05) is 6.42 Å². The maximum absolute atomic E-state index is 12.0. The Labute approximate surface area is 114 Å². The lowest BCUT2D eigenvalue weighted by Crippen LogP contribution is -2.33. The molecule has 1 spiro atoms. The second kappa shape index (κ2) is 5.14. The number of rotatable bonds is 3. The van der Waals surface area contributed by atoms with E-state index in [1.807, 2.05) is 20.8 Å². The van der Waals surface area contributed by atoms with Gasteiger partial charge in [0.2, 0.25) is 6.10 Å². The van der Waals surface area contributed by atoms with Crippen LogP contribution in [0.25, 0.3) is 0 Å². The van der Waals surface area contributed by atoms with Crippen LogP contribution in [0, 0.1) is 5.41 Å². The molecule has 0 aromatic carbocycles. The molecule has 0 amide bonds. The third-order valence-electron chi connectivity index (χ3n) is 4.59. The van der Waals surface area contributed by atoms with Crippen LogP contribution in [0.3, 0.4) is 0 Å². The molecule has 1 heterocycles. The van der Waals surface area contributed by atoms with Crippen molar-refractivity contribution in [3.63, 3.8) is 0 Å². The summed E-state index contributed by atoms with van der Waals surface area (Å²) in [6, 6.07) is 0. The minimum atomic E-state index is -0.698. The molecule has 1 saturated heterocycles. The molecule has 0 aromatic heterocycles. The monoisotopic (exact) mass is 268 g/mol. The van der Waals surface area contributed by atoms with E-state index in [4.69, 9.17) is 9.47 Å². The molecule has 0 aromatic rings. The maximum Gasteiger partial charge on any atom is 0.348 e. The summed E-state index contributed by atoms with van der Waals surface area (Å²) < 4.78 is 10.9. The van der Waals surface area contributed by atoms with Crippen molar-refractivity contribution in [2.75, 3.05) is 0 Å². The Balaban J connectivity index is 1.99. The van der Waals surface area contributed by atoms with E-state index >= 15 is 0 Å². The Morgan fingerprint density at radius 3 is 2.58 bits per heavy atom. The Hall–Kier alpha value is -1.06. The van der Waals surface area contributed by atoms with E-state index in [0.717, 1.165) is 25.7 Å². The predicted molar refractivity (Wildman–Crippen MR) is 70.5 cm³/mol. The van der Waals surface area contributed by atoms with Gasteiger partial charge in [-0.3, -0.25) is 4.79 Å². The fraction of sp³-hybridized carbons (Fsp3) is 0.867. The molecule has 4 heteroatoms. The Bertz CT molecular complexity index is 366. The number of hydrogen-bond acceptors (Lipinski definition) is 4. The zero-order chi connectivity index (χ0) is 14.1. The zero-order valence-corrected chi connectivity index (χ0v) is 12.2. The van der Waals surface area contributed by atoms with Crippen molar-refractivity contribution in [2.45, 2.75) is 77.4 Å². The highest BCUT2D eigenvalue weighted by Crippen LogP contribution is 2.41.